The molecule has 0 radical (unpaired) electrons. The van der Waals surface area contributed by atoms with Gasteiger partial charge in [-0.3, -0.25) is 4.79 Å². The summed E-state index contributed by atoms with van der Waals surface area (Å²) >= 11 is 6.71. The van der Waals surface area contributed by atoms with E-state index in [4.69, 9.17) is 14.6 Å². The molecule has 0 saturated heterocycles. The average molecular weight is 655 g/mol. The molecule has 13 heteroatoms. The van der Waals surface area contributed by atoms with Crippen molar-refractivity contribution in [1.29, 1.82) is 0 Å². The van der Waals surface area contributed by atoms with Crippen molar-refractivity contribution in [2.75, 3.05) is 13.7 Å². The predicted molar refractivity (Wildman–Crippen MR) is 141 cm³/mol. The van der Waals surface area contributed by atoms with Crippen LogP contribution >= 0.6 is 31.9 Å². The van der Waals surface area contributed by atoms with Crippen molar-refractivity contribution in [3.63, 3.8) is 0 Å². The van der Waals surface area contributed by atoms with Crippen LogP contribution in [0.4, 0.5) is 13.2 Å². The number of rotatable bonds is 7. The molecule has 1 heterocycles. The minimum Gasteiger partial charge on any atom is -0.493 e. The van der Waals surface area contributed by atoms with E-state index in [9.17, 15) is 22.8 Å². The molecule has 1 N–H and O–H groups in total. The number of fused-ring (bicyclic) bond motifs is 1. The molecule has 196 valence electrons. The van der Waals surface area contributed by atoms with E-state index in [-0.39, 0.29) is 28.3 Å². The van der Waals surface area contributed by atoms with Crippen molar-refractivity contribution in [1.82, 2.24) is 9.66 Å². The molecule has 0 atom stereocenters. The maximum absolute atomic E-state index is 13.4. The third-order valence-electron chi connectivity index (χ3n) is 5.23. The van der Waals surface area contributed by atoms with Crippen LogP contribution in [0.1, 0.15) is 11.1 Å². The summed E-state index contributed by atoms with van der Waals surface area (Å²) < 4.78 is 52.4. The largest absolute Gasteiger partial charge is 0.493 e. The summed E-state index contributed by atoms with van der Waals surface area (Å²) in [5.74, 6) is -0.997. The maximum Gasteiger partial charge on any atom is 0.416 e. The molecule has 0 aliphatic carbocycles. The molecule has 0 aliphatic rings. The minimum absolute atomic E-state index is 0.0371. The topological polar surface area (TPSA) is 103 Å². The van der Waals surface area contributed by atoms with Gasteiger partial charge in [-0.25, -0.2) is 9.78 Å². The van der Waals surface area contributed by atoms with Gasteiger partial charge in [0.2, 0.25) is 0 Å². The van der Waals surface area contributed by atoms with E-state index in [0.717, 1.165) is 16.8 Å². The third-order valence-corrected chi connectivity index (χ3v) is 7.37. The van der Waals surface area contributed by atoms with Crippen LogP contribution in [0, 0.1) is 0 Å². The van der Waals surface area contributed by atoms with Crippen molar-refractivity contribution in [3.8, 4) is 22.9 Å². The number of methoxy groups -OCH3 is 1. The molecule has 8 nitrogen and oxygen atoms in total. The fourth-order valence-corrected chi connectivity index (χ4v) is 4.43. The summed E-state index contributed by atoms with van der Waals surface area (Å²) in [7, 11) is 1.35. The highest BCUT2D eigenvalue weighted by atomic mass is 79.9. The molecule has 0 bridgehead atoms. The molecular weight excluding hydrogens is 639 g/mol. The number of hydrogen-bond acceptors (Lipinski definition) is 6. The SMILES string of the molecule is COc1cc(C=Nn2c(-c3cccc(C(F)(F)F)c3)nc3ccccc3c2=O)c(Br)c(Br)c1OCC(=O)O. The quantitative estimate of drug-likeness (QED) is 0.247. The van der Waals surface area contributed by atoms with Gasteiger partial charge in [-0.15, -0.1) is 0 Å². The molecule has 0 amide bonds. The molecule has 0 aliphatic heterocycles. The van der Waals surface area contributed by atoms with Gasteiger partial charge >= 0.3 is 12.1 Å². The van der Waals surface area contributed by atoms with Gasteiger partial charge in [0.1, 0.15) is 0 Å². The first kappa shape index (κ1) is 27.3. The number of carboxylic acids is 1. The number of halogens is 5. The standard InChI is InChI=1S/C25H16Br2F3N3O5/c1-37-18-10-14(20(26)21(27)22(18)38-12-19(34)35)11-31-33-23(13-5-4-6-15(9-13)25(28,29)30)32-17-8-3-2-7-16(17)24(33)36/h2-11H,12H2,1H3,(H,34,35). The number of carboxylic acid groups (broad SMARTS) is 1. The second kappa shape index (κ2) is 11.0. The Morgan fingerprint density at radius 1 is 1.13 bits per heavy atom. The van der Waals surface area contributed by atoms with Crippen LogP contribution in [-0.2, 0) is 11.0 Å². The van der Waals surface area contributed by atoms with Gasteiger partial charge in [0, 0.05) is 15.6 Å². The lowest BCUT2D eigenvalue weighted by Crippen LogP contribution is -2.20. The van der Waals surface area contributed by atoms with Crippen molar-refractivity contribution in [2.24, 2.45) is 5.10 Å². The van der Waals surface area contributed by atoms with E-state index < -0.39 is 29.9 Å². The lowest BCUT2D eigenvalue weighted by atomic mass is 10.1. The van der Waals surface area contributed by atoms with E-state index >= 15 is 0 Å². The zero-order valence-electron chi connectivity index (χ0n) is 19.3. The van der Waals surface area contributed by atoms with Gasteiger partial charge in [0.05, 0.1) is 34.3 Å². The molecule has 1 aromatic heterocycles. The van der Waals surface area contributed by atoms with E-state index in [1.54, 1.807) is 18.2 Å². The summed E-state index contributed by atoms with van der Waals surface area (Å²) in [6, 6.07) is 12.3. The number of aliphatic carboxylic acids is 1. The lowest BCUT2D eigenvalue weighted by Gasteiger charge is -2.14. The van der Waals surface area contributed by atoms with Crippen molar-refractivity contribution >= 4 is 54.9 Å². The zero-order valence-corrected chi connectivity index (χ0v) is 22.5. The first-order valence-electron chi connectivity index (χ1n) is 10.7. The fraction of sp³-hybridized carbons (Fsp3) is 0.120. The monoisotopic (exact) mass is 653 g/mol. The summed E-state index contributed by atoms with van der Waals surface area (Å²) in [6.07, 6.45) is -3.31. The summed E-state index contributed by atoms with van der Waals surface area (Å²) in [5.41, 5.74) is -0.785. The van der Waals surface area contributed by atoms with Crippen molar-refractivity contribution < 1.29 is 32.5 Å². The Labute approximate surface area is 229 Å². The number of benzene rings is 3. The van der Waals surface area contributed by atoms with Crippen LogP contribution in [0.3, 0.4) is 0 Å². The Balaban J connectivity index is 1.89. The van der Waals surface area contributed by atoms with E-state index in [1.807, 2.05) is 0 Å². The molecule has 3 aromatic carbocycles. The molecule has 0 unspecified atom stereocenters. The predicted octanol–water partition coefficient (Wildman–Crippen LogP) is 5.96. The number of carbonyl (C=O) groups is 1. The number of ether oxygens (including phenoxy) is 2. The zero-order chi connectivity index (χ0) is 27.6. The van der Waals surface area contributed by atoms with E-state index in [0.29, 0.717) is 20.0 Å². The molecule has 0 saturated carbocycles. The van der Waals surface area contributed by atoms with Gasteiger partial charge in [-0.05, 0) is 62.2 Å². The van der Waals surface area contributed by atoms with Crippen LogP contribution in [0.15, 0.2) is 73.4 Å². The van der Waals surface area contributed by atoms with Crippen LogP contribution in [0.25, 0.3) is 22.3 Å². The fourth-order valence-electron chi connectivity index (χ4n) is 3.49. The molecule has 4 aromatic rings. The number of hydrogen-bond donors (Lipinski definition) is 1. The van der Waals surface area contributed by atoms with Gasteiger partial charge in [0.25, 0.3) is 5.56 Å². The highest BCUT2D eigenvalue weighted by molar-refractivity contribution is 9.13. The minimum atomic E-state index is -4.60. The smallest absolute Gasteiger partial charge is 0.416 e. The Morgan fingerprint density at radius 3 is 2.55 bits per heavy atom. The second-order valence-electron chi connectivity index (χ2n) is 7.70. The Morgan fingerprint density at radius 2 is 1.87 bits per heavy atom. The lowest BCUT2D eigenvalue weighted by molar-refractivity contribution is -0.139. The van der Waals surface area contributed by atoms with Crippen LogP contribution in [0.2, 0.25) is 0 Å². The van der Waals surface area contributed by atoms with Crippen LogP contribution < -0.4 is 15.0 Å². The Kier molecular flexibility index (Phi) is 7.88. The van der Waals surface area contributed by atoms with Gasteiger partial charge < -0.3 is 14.6 Å². The molecule has 38 heavy (non-hydrogen) atoms. The van der Waals surface area contributed by atoms with Crippen LogP contribution in [0.5, 0.6) is 11.5 Å². The third kappa shape index (κ3) is 5.58. The van der Waals surface area contributed by atoms with Crippen LogP contribution in [-0.4, -0.2) is 40.7 Å². The van der Waals surface area contributed by atoms with Gasteiger partial charge in [-0.2, -0.15) is 22.9 Å². The Bertz CT molecular complexity index is 1640. The molecule has 0 fully saturated rings. The highest BCUT2D eigenvalue weighted by Crippen LogP contribution is 2.42. The number of nitrogens with zero attached hydrogens (tertiary/aromatic N) is 3. The number of para-hydroxylation sites is 1. The van der Waals surface area contributed by atoms with Gasteiger partial charge in [0.15, 0.2) is 23.9 Å². The maximum atomic E-state index is 13.4. The normalized spacial score (nSPS) is 11.7. The second-order valence-corrected chi connectivity index (χ2v) is 9.29. The number of alkyl halides is 3. The summed E-state index contributed by atoms with van der Waals surface area (Å²) in [4.78, 5) is 28.7. The molecule has 4 rings (SSSR count). The van der Waals surface area contributed by atoms with Crippen molar-refractivity contribution in [2.45, 2.75) is 6.18 Å². The first-order chi connectivity index (χ1) is 18.0. The molecule has 0 spiro atoms. The Hall–Kier alpha value is -3.71. The van der Waals surface area contributed by atoms with E-state index in [1.165, 1.54) is 37.6 Å². The first-order valence-corrected chi connectivity index (χ1v) is 12.2. The summed E-state index contributed by atoms with van der Waals surface area (Å²) in [5, 5.41) is 13.4. The van der Waals surface area contributed by atoms with E-state index in [2.05, 4.69) is 41.9 Å². The summed E-state index contributed by atoms with van der Waals surface area (Å²) in [6.45, 7) is -0.618. The van der Waals surface area contributed by atoms with Crippen molar-refractivity contribution in [3.05, 3.63) is 85.0 Å². The van der Waals surface area contributed by atoms with Gasteiger partial charge in [-0.1, -0.05) is 24.3 Å². The number of aromatic nitrogens is 2. The highest BCUT2D eigenvalue weighted by Gasteiger charge is 2.31. The average Bonchev–Trinajstić information content (AvgIpc) is 2.89. The molecular formula is C25H16Br2F3N3O5.